The first-order valence-electron chi connectivity index (χ1n) is 5.85. The first-order valence-corrected chi connectivity index (χ1v) is 6.67. The third kappa shape index (κ3) is 2.68. The standard InChI is InChI=1S/C11H15N3O3S/c12-6-8-2-1-5-13(7-8)11(15)9-3-4-10(18-9)14(16)17/h3-4,8H,1-2,5-7,12H2. The third-order valence-electron chi connectivity index (χ3n) is 3.12. The highest BCUT2D eigenvalue weighted by molar-refractivity contribution is 7.17. The van der Waals surface area contributed by atoms with Gasteiger partial charge in [-0.15, -0.1) is 0 Å². The van der Waals surface area contributed by atoms with E-state index in [2.05, 4.69) is 0 Å². The average molecular weight is 269 g/mol. The van der Waals surface area contributed by atoms with Gasteiger partial charge in [-0.05, 0) is 31.4 Å². The van der Waals surface area contributed by atoms with Crippen molar-refractivity contribution in [2.75, 3.05) is 19.6 Å². The lowest BCUT2D eigenvalue weighted by molar-refractivity contribution is -0.380. The van der Waals surface area contributed by atoms with Gasteiger partial charge in [-0.25, -0.2) is 0 Å². The highest BCUT2D eigenvalue weighted by Gasteiger charge is 2.25. The van der Waals surface area contributed by atoms with Gasteiger partial charge < -0.3 is 10.6 Å². The zero-order valence-electron chi connectivity index (χ0n) is 9.87. The Bertz CT molecular complexity index is 460. The number of piperidine rings is 1. The molecule has 6 nitrogen and oxygen atoms in total. The van der Waals surface area contributed by atoms with Crippen LogP contribution in [0.1, 0.15) is 22.5 Å². The first-order chi connectivity index (χ1) is 8.61. The van der Waals surface area contributed by atoms with Gasteiger partial charge in [0.2, 0.25) is 0 Å². The fourth-order valence-corrected chi connectivity index (χ4v) is 2.93. The summed E-state index contributed by atoms with van der Waals surface area (Å²) in [6.45, 7) is 1.94. The molecule has 1 saturated heterocycles. The van der Waals surface area contributed by atoms with Crippen LogP contribution < -0.4 is 5.73 Å². The van der Waals surface area contributed by atoms with Gasteiger partial charge in [0.1, 0.15) is 0 Å². The van der Waals surface area contributed by atoms with Crippen LogP contribution in [0.25, 0.3) is 0 Å². The van der Waals surface area contributed by atoms with Crippen LogP contribution in [0.15, 0.2) is 12.1 Å². The lowest BCUT2D eigenvalue weighted by Crippen LogP contribution is -2.41. The maximum Gasteiger partial charge on any atom is 0.324 e. The first kappa shape index (κ1) is 13.0. The maximum absolute atomic E-state index is 12.2. The highest BCUT2D eigenvalue weighted by atomic mass is 32.1. The summed E-state index contributed by atoms with van der Waals surface area (Å²) in [6.07, 6.45) is 1.99. The summed E-state index contributed by atoms with van der Waals surface area (Å²) in [6, 6.07) is 2.90. The zero-order valence-corrected chi connectivity index (χ0v) is 10.7. The van der Waals surface area contributed by atoms with Crippen LogP contribution in [-0.4, -0.2) is 35.4 Å². The number of hydrogen-bond acceptors (Lipinski definition) is 5. The van der Waals surface area contributed by atoms with Crippen LogP contribution in [0.4, 0.5) is 5.00 Å². The molecular weight excluding hydrogens is 254 g/mol. The largest absolute Gasteiger partial charge is 0.338 e. The summed E-state index contributed by atoms with van der Waals surface area (Å²) in [5, 5.41) is 10.6. The van der Waals surface area contributed by atoms with Gasteiger partial charge in [-0.3, -0.25) is 14.9 Å². The van der Waals surface area contributed by atoms with Crippen molar-refractivity contribution in [1.82, 2.24) is 4.90 Å². The summed E-state index contributed by atoms with van der Waals surface area (Å²) in [5.74, 6) is 0.226. The zero-order chi connectivity index (χ0) is 13.1. The molecule has 7 heteroatoms. The van der Waals surface area contributed by atoms with Crippen molar-refractivity contribution in [1.29, 1.82) is 0 Å². The van der Waals surface area contributed by atoms with E-state index < -0.39 is 4.92 Å². The number of hydrogen-bond donors (Lipinski definition) is 1. The van der Waals surface area contributed by atoms with Gasteiger partial charge in [-0.2, -0.15) is 0 Å². The second-order valence-corrected chi connectivity index (χ2v) is 5.45. The molecule has 1 aliphatic heterocycles. The Kier molecular flexibility index (Phi) is 3.93. The van der Waals surface area contributed by atoms with E-state index in [9.17, 15) is 14.9 Å². The lowest BCUT2D eigenvalue weighted by atomic mass is 9.98. The molecule has 1 aromatic heterocycles. The average Bonchev–Trinajstić information content (AvgIpc) is 2.87. The molecule has 0 spiro atoms. The van der Waals surface area contributed by atoms with Gasteiger partial charge >= 0.3 is 5.00 Å². The van der Waals surface area contributed by atoms with Crippen molar-refractivity contribution in [2.24, 2.45) is 11.7 Å². The summed E-state index contributed by atoms with van der Waals surface area (Å²) in [4.78, 5) is 24.5. The molecule has 1 unspecified atom stereocenters. The van der Waals surface area contributed by atoms with Crippen LogP contribution in [0.2, 0.25) is 0 Å². The number of carbonyl (C=O) groups is 1. The van der Waals surface area contributed by atoms with Crippen LogP contribution >= 0.6 is 11.3 Å². The Morgan fingerprint density at radius 3 is 3.00 bits per heavy atom. The van der Waals surface area contributed by atoms with Crippen LogP contribution in [0.3, 0.4) is 0 Å². The maximum atomic E-state index is 12.2. The Balaban J connectivity index is 2.07. The van der Waals surface area contributed by atoms with Crippen molar-refractivity contribution in [2.45, 2.75) is 12.8 Å². The van der Waals surface area contributed by atoms with E-state index in [1.54, 1.807) is 4.90 Å². The van der Waals surface area contributed by atoms with E-state index in [0.29, 0.717) is 30.4 Å². The summed E-state index contributed by atoms with van der Waals surface area (Å²) < 4.78 is 0. The van der Waals surface area contributed by atoms with Gasteiger partial charge in [0.05, 0.1) is 9.80 Å². The second kappa shape index (κ2) is 5.45. The fourth-order valence-electron chi connectivity index (χ4n) is 2.14. The molecule has 1 atom stereocenters. The second-order valence-electron chi connectivity index (χ2n) is 4.39. The monoisotopic (exact) mass is 269 g/mol. The van der Waals surface area contributed by atoms with Crippen molar-refractivity contribution in [3.8, 4) is 0 Å². The summed E-state index contributed by atoms with van der Waals surface area (Å²) in [5.41, 5.74) is 5.62. The van der Waals surface area contributed by atoms with E-state index in [-0.39, 0.29) is 10.9 Å². The lowest BCUT2D eigenvalue weighted by Gasteiger charge is -2.31. The van der Waals surface area contributed by atoms with Crippen molar-refractivity contribution >= 4 is 22.2 Å². The minimum atomic E-state index is -0.472. The number of rotatable bonds is 3. The summed E-state index contributed by atoms with van der Waals surface area (Å²) >= 11 is 0.930. The molecule has 1 aliphatic rings. The quantitative estimate of drug-likeness (QED) is 0.664. The summed E-state index contributed by atoms with van der Waals surface area (Å²) in [7, 11) is 0. The molecule has 98 valence electrons. The molecule has 2 heterocycles. The van der Waals surface area contributed by atoms with Crippen molar-refractivity contribution in [3.63, 3.8) is 0 Å². The van der Waals surface area contributed by atoms with Crippen LogP contribution in [0.5, 0.6) is 0 Å². The minimum Gasteiger partial charge on any atom is -0.338 e. The molecule has 0 saturated carbocycles. The van der Waals surface area contributed by atoms with E-state index in [1.807, 2.05) is 0 Å². The molecule has 2 N–H and O–H groups in total. The highest BCUT2D eigenvalue weighted by Crippen LogP contribution is 2.26. The molecule has 0 bridgehead atoms. The van der Waals surface area contributed by atoms with Crippen LogP contribution in [-0.2, 0) is 0 Å². The molecular formula is C11H15N3O3S. The van der Waals surface area contributed by atoms with Crippen LogP contribution in [0, 0.1) is 16.0 Å². The fraction of sp³-hybridized carbons (Fsp3) is 0.545. The van der Waals surface area contributed by atoms with E-state index in [4.69, 9.17) is 5.73 Å². The normalized spacial score (nSPS) is 19.8. The van der Waals surface area contributed by atoms with E-state index in [0.717, 1.165) is 24.2 Å². The predicted octanol–water partition coefficient (Wildman–Crippen LogP) is 1.47. The molecule has 18 heavy (non-hydrogen) atoms. The number of thiophene rings is 1. The molecule has 1 fully saturated rings. The van der Waals surface area contributed by atoms with Crippen molar-refractivity contribution < 1.29 is 9.72 Å². The van der Waals surface area contributed by atoms with E-state index >= 15 is 0 Å². The number of nitro groups is 1. The molecule has 2 rings (SSSR count). The van der Waals surface area contributed by atoms with Gasteiger partial charge in [0, 0.05) is 19.2 Å². The SMILES string of the molecule is NCC1CCCN(C(=O)c2ccc([N+](=O)[O-])s2)C1. The molecule has 1 amide bonds. The number of amides is 1. The number of carbonyl (C=O) groups excluding carboxylic acids is 1. The Labute approximate surface area is 109 Å². The Hall–Kier alpha value is -1.47. The van der Waals surface area contributed by atoms with Gasteiger partial charge in [0.15, 0.2) is 0 Å². The third-order valence-corrected chi connectivity index (χ3v) is 4.15. The Morgan fingerprint density at radius 2 is 2.39 bits per heavy atom. The Morgan fingerprint density at radius 1 is 1.61 bits per heavy atom. The smallest absolute Gasteiger partial charge is 0.324 e. The molecule has 0 aliphatic carbocycles. The number of likely N-dealkylation sites (tertiary alicyclic amines) is 1. The topological polar surface area (TPSA) is 89.5 Å². The predicted molar refractivity (Wildman–Crippen MR) is 68.7 cm³/mol. The molecule has 0 radical (unpaired) electrons. The minimum absolute atomic E-state index is 0.00531. The number of nitrogens with zero attached hydrogens (tertiary/aromatic N) is 2. The van der Waals surface area contributed by atoms with Gasteiger partial charge in [0.25, 0.3) is 5.91 Å². The molecule has 1 aromatic rings. The van der Waals surface area contributed by atoms with Crippen molar-refractivity contribution in [3.05, 3.63) is 27.1 Å². The van der Waals surface area contributed by atoms with Gasteiger partial charge in [-0.1, -0.05) is 11.3 Å². The van der Waals surface area contributed by atoms with E-state index in [1.165, 1.54) is 12.1 Å². The number of nitrogens with two attached hydrogens (primary N) is 1. The molecule has 0 aromatic carbocycles.